The number of nitrogens with two attached hydrogens (primary N) is 1. The van der Waals surface area contributed by atoms with Gasteiger partial charge >= 0.3 is 0 Å². The van der Waals surface area contributed by atoms with Crippen LogP contribution in [0.4, 0.5) is 10.7 Å². The number of hydrogen-bond acceptors (Lipinski definition) is 5. The lowest BCUT2D eigenvalue weighted by Crippen LogP contribution is -2.02. The van der Waals surface area contributed by atoms with Crippen LogP contribution in [0, 0.1) is 5.92 Å². The van der Waals surface area contributed by atoms with E-state index in [2.05, 4.69) is 11.9 Å². The maximum atomic E-state index is 12.1. The summed E-state index contributed by atoms with van der Waals surface area (Å²) < 4.78 is 0. The van der Waals surface area contributed by atoms with Gasteiger partial charge in [-0.2, -0.15) is 0 Å². The summed E-state index contributed by atoms with van der Waals surface area (Å²) in [6.45, 7) is 4.36. The molecule has 1 fully saturated rings. The van der Waals surface area contributed by atoms with E-state index in [-0.39, 0.29) is 11.7 Å². The molecule has 1 aliphatic rings. The second kappa shape index (κ2) is 5.14. The van der Waals surface area contributed by atoms with Crippen LogP contribution in [-0.4, -0.2) is 18.6 Å². The van der Waals surface area contributed by atoms with Gasteiger partial charge in [0.2, 0.25) is 0 Å². The highest BCUT2D eigenvalue weighted by Gasteiger charge is 2.33. The normalized spacial score (nSPS) is 14.6. The minimum Gasteiger partial charge on any atom is -0.396 e. The number of thiophene rings is 1. The highest BCUT2D eigenvalue weighted by Crippen LogP contribution is 2.45. The van der Waals surface area contributed by atoms with E-state index in [1.54, 1.807) is 17.8 Å². The van der Waals surface area contributed by atoms with Crippen molar-refractivity contribution in [1.82, 2.24) is 0 Å². The maximum Gasteiger partial charge on any atom is 0.178 e. The molecular weight excluding hydrogens is 252 g/mol. The van der Waals surface area contributed by atoms with E-state index in [0.29, 0.717) is 12.2 Å². The van der Waals surface area contributed by atoms with Crippen LogP contribution in [0.3, 0.4) is 0 Å². The summed E-state index contributed by atoms with van der Waals surface area (Å²) in [6.07, 6.45) is 5.80. The fourth-order valence-corrected chi connectivity index (χ4v) is 3.69. The number of rotatable bonds is 6. The number of ketones is 1. The average Bonchev–Trinajstić information content (AvgIpc) is 3.11. The Hall–Kier alpha value is -0.940. The van der Waals surface area contributed by atoms with Gasteiger partial charge in [-0.25, -0.2) is 0 Å². The largest absolute Gasteiger partial charge is 0.396 e. The van der Waals surface area contributed by atoms with E-state index in [1.807, 2.05) is 6.26 Å². The molecular formula is C12H16N2OS2. The molecule has 1 aliphatic carbocycles. The van der Waals surface area contributed by atoms with Crippen molar-refractivity contribution in [3.8, 4) is 0 Å². The fourth-order valence-electron chi connectivity index (χ4n) is 1.63. The van der Waals surface area contributed by atoms with Gasteiger partial charge in [0, 0.05) is 12.5 Å². The zero-order chi connectivity index (χ0) is 12.4. The SMILES string of the molecule is C=CCNc1sc(C(=O)C2CC2)c(N)c1SC. The van der Waals surface area contributed by atoms with Gasteiger partial charge < -0.3 is 11.1 Å². The molecule has 92 valence electrons. The predicted molar refractivity (Wildman–Crippen MR) is 76.3 cm³/mol. The van der Waals surface area contributed by atoms with Crippen molar-refractivity contribution in [1.29, 1.82) is 0 Å². The Labute approximate surface area is 109 Å². The third-order valence-electron chi connectivity index (χ3n) is 2.68. The highest BCUT2D eigenvalue weighted by atomic mass is 32.2. The lowest BCUT2D eigenvalue weighted by Gasteiger charge is -2.02. The molecule has 0 unspecified atom stereocenters. The molecule has 17 heavy (non-hydrogen) atoms. The molecule has 1 aromatic rings. The van der Waals surface area contributed by atoms with Crippen LogP contribution in [0.1, 0.15) is 22.5 Å². The lowest BCUT2D eigenvalue weighted by molar-refractivity contribution is 0.0972. The van der Waals surface area contributed by atoms with Crippen LogP contribution >= 0.6 is 23.1 Å². The van der Waals surface area contributed by atoms with Crippen LogP contribution < -0.4 is 11.1 Å². The Morgan fingerprint density at radius 3 is 2.94 bits per heavy atom. The number of nitrogens with one attached hydrogen (secondary N) is 1. The second-order valence-corrected chi connectivity index (χ2v) is 5.85. The van der Waals surface area contributed by atoms with E-state index >= 15 is 0 Å². The first-order chi connectivity index (χ1) is 8.19. The summed E-state index contributed by atoms with van der Waals surface area (Å²) in [5.74, 6) is 0.437. The monoisotopic (exact) mass is 268 g/mol. The number of anilines is 2. The predicted octanol–water partition coefficient (Wildman–Crippen LogP) is 3.24. The molecule has 1 saturated carbocycles. The maximum absolute atomic E-state index is 12.1. The van der Waals surface area contributed by atoms with Gasteiger partial charge in [-0.1, -0.05) is 6.08 Å². The van der Waals surface area contributed by atoms with Gasteiger partial charge in [0.05, 0.1) is 15.5 Å². The Morgan fingerprint density at radius 1 is 1.71 bits per heavy atom. The van der Waals surface area contributed by atoms with Crippen molar-refractivity contribution in [2.24, 2.45) is 5.92 Å². The minimum absolute atomic E-state index is 0.217. The van der Waals surface area contributed by atoms with Crippen LogP contribution in [0.15, 0.2) is 17.6 Å². The Bertz CT molecular complexity index is 450. The van der Waals surface area contributed by atoms with Crippen molar-refractivity contribution >= 4 is 39.6 Å². The second-order valence-electron chi connectivity index (χ2n) is 4.02. The molecule has 0 spiro atoms. The summed E-state index contributed by atoms with van der Waals surface area (Å²) >= 11 is 3.05. The lowest BCUT2D eigenvalue weighted by atomic mass is 10.2. The standard InChI is InChI=1S/C12H16N2OS2/c1-3-6-14-12-11(16-2)8(13)10(17-12)9(15)7-4-5-7/h3,7,14H,1,4-6,13H2,2H3. The summed E-state index contributed by atoms with van der Waals surface area (Å²) in [5, 5.41) is 4.22. The smallest absolute Gasteiger partial charge is 0.178 e. The summed E-state index contributed by atoms with van der Waals surface area (Å²) in [4.78, 5) is 13.8. The minimum atomic E-state index is 0.217. The van der Waals surface area contributed by atoms with Gasteiger partial charge in [-0.15, -0.1) is 29.7 Å². The third kappa shape index (κ3) is 2.50. The van der Waals surface area contributed by atoms with Crippen molar-refractivity contribution in [2.75, 3.05) is 23.9 Å². The molecule has 0 aliphatic heterocycles. The summed E-state index contributed by atoms with van der Waals surface area (Å²) in [7, 11) is 0. The van der Waals surface area contributed by atoms with Gasteiger partial charge in [-0.3, -0.25) is 4.79 Å². The number of Topliss-reactive ketones (excluding diaryl/α,β-unsaturated/α-hetero) is 1. The molecule has 5 heteroatoms. The first kappa shape index (κ1) is 12.5. The Balaban J connectivity index is 2.29. The molecule has 3 nitrogen and oxygen atoms in total. The van der Waals surface area contributed by atoms with Crippen molar-refractivity contribution in [3.05, 3.63) is 17.5 Å². The van der Waals surface area contributed by atoms with Crippen molar-refractivity contribution < 1.29 is 4.79 Å². The van der Waals surface area contributed by atoms with Crippen molar-refractivity contribution in [3.63, 3.8) is 0 Å². The molecule has 1 heterocycles. The Morgan fingerprint density at radius 2 is 2.41 bits per heavy atom. The highest BCUT2D eigenvalue weighted by molar-refractivity contribution is 7.99. The molecule has 2 rings (SSSR count). The van der Waals surface area contributed by atoms with Gasteiger partial charge in [0.25, 0.3) is 0 Å². The first-order valence-corrected chi connectivity index (χ1v) is 7.58. The van der Waals surface area contributed by atoms with Gasteiger partial charge in [0.15, 0.2) is 5.78 Å². The Kier molecular flexibility index (Phi) is 3.79. The number of hydrogen-bond donors (Lipinski definition) is 2. The number of thioether (sulfide) groups is 1. The topological polar surface area (TPSA) is 55.1 Å². The van der Waals surface area contributed by atoms with E-state index in [9.17, 15) is 4.79 Å². The molecule has 0 aromatic carbocycles. The number of carbonyl (C=O) groups excluding carboxylic acids is 1. The van der Waals surface area contributed by atoms with Crippen LogP contribution in [-0.2, 0) is 0 Å². The quantitative estimate of drug-likeness (QED) is 0.472. The molecule has 3 N–H and O–H groups in total. The van der Waals surface area contributed by atoms with E-state index < -0.39 is 0 Å². The van der Waals surface area contributed by atoms with Gasteiger partial charge in [0.1, 0.15) is 5.00 Å². The fraction of sp³-hybridized carbons (Fsp3) is 0.417. The van der Waals surface area contributed by atoms with Gasteiger partial charge in [-0.05, 0) is 19.1 Å². The zero-order valence-corrected chi connectivity index (χ0v) is 11.4. The van der Waals surface area contributed by atoms with E-state index in [1.165, 1.54) is 11.3 Å². The molecule has 0 atom stereocenters. The van der Waals surface area contributed by atoms with Crippen molar-refractivity contribution in [2.45, 2.75) is 17.7 Å². The average molecular weight is 268 g/mol. The molecule has 0 radical (unpaired) electrons. The number of nitrogen functional groups attached to an aromatic ring is 1. The first-order valence-electron chi connectivity index (χ1n) is 5.54. The third-order valence-corrected chi connectivity index (χ3v) is 4.82. The molecule has 0 bridgehead atoms. The molecule has 0 saturated heterocycles. The van der Waals surface area contributed by atoms with Crippen LogP contribution in [0.25, 0.3) is 0 Å². The zero-order valence-electron chi connectivity index (χ0n) is 9.79. The van der Waals surface area contributed by atoms with Crippen LogP contribution in [0.5, 0.6) is 0 Å². The molecule has 0 amide bonds. The summed E-state index contributed by atoms with van der Waals surface area (Å²) in [6, 6.07) is 0. The van der Waals surface area contributed by atoms with E-state index in [4.69, 9.17) is 5.73 Å². The summed E-state index contributed by atoms with van der Waals surface area (Å²) in [5.41, 5.74) is 6.70. The molecule has 1 aromatic heterocycles. The van der Waals surface area contributed by atoms with Crippen LogP contribution in [0.2, 0.25) is 0 Å². The number of carbonyl (C=O) groups is 1. The van der Waals surface area contributed by atoms with E-state index in [0.717, 1.165) is 27.6 Å².